The third-order valence-electron chi connectivity index (χ3n) is 6.09. The second kappa shape index (κ2) is 12.4. The van der Waals surface area contributed by atoms with Crippen molar-refractivity contribution in [1.29, 1.82) is 0 Å². The van der Waals surface area contributed by atoms with Crippen LogP contribution in [0.1, 0.15) is 31.5 Å². The van der Waals surface area contributed by atoms with Crippen molar-refractivity contribution < 1.29 is 53.8 Å². The van der Waals surface area contributed by atoms with Gasteiger partial charge in [0.15, 0.2) is 6.04 Å². The van der Waals surface area contributed by atoms with Crippen LogP contribution in [-0.2, 0) is 0 Å². The van der Waals surface area contributed by atoms with Crippen LogP contribution in [0.25, 0.3) is 22.2 Å². The molecule has 0 spiro atoms. The molecular weight excluding hydrogens is 589 g/mol. The molecule has 1 N–H and O–H groups in total. The molecule has 42 heavy (non-hydrogen) atoms. The molecule has 2 atom stereocenters. The van der Waals surface area contributed by atoms with E-state index in [1.807, 2.05) is 0 Å². The predicted octanol–water partition coefficient (Wildman–Crippen LogP) is 6.62. The number of nitrogens with zero attached hydrogens (tertiary/aromatic N) is 4. The maximum absolute atomic E-state index is 14.4. The highest BCUT2D eigenvalue weighted by Gasteiger charge is 2.49. The fraction of sp³-hybridized carbons (Fsp3) is 0.440. The lowest BCUT2D eigenvalue weighted by Gasteiger charge is -2.34. The van der Waals surface area contributed by atoms with Crippen molar-refractivity contribution in [2.24, 2.45) is 0 Å². The molecule has 1 aromatic carbocycles. The maximum Gasteiger partial charge on any atom is 0.414 e. The number of pyridine rings is 1. The largest absolute Gasteiger partial charge is 0.494 e. The number of fused-ring (bicyclic) bond motifs is 1. The molecule has 0 aliphatic rings. The molecule has 0 saturated heterocycles. The van der Waals surface area contributed by atoms with Crippen LogP contribution in [0.5, 0.6) is 11.5 Å². The fourth-order valence-corrected chi connectivity index (χ4v) is 4.16. The van der Waals surface area contributed by atoms with E-state index in [0.29, 0.717) is 11.0 Å². The maximum atomic E-state index is 14.4. The summed E-state index contributed by atoms with van der Waals surface area (Å²) in [6.45, 7) is 0.288. The number of rotatable bonds is 9. The molecule has 0 saturated carbocycles. The molecule has 0 aliphatic carbocycles. The molecule has 0 radical (unpaired) electrons. The lowest BCUT2D eigenvalue weighted by Crippen LogP contribution is -2.53. The summed E-state index contributed by atoms with van der Waals surface area (Å²) in [6, 6.07) is -3.96. The van der Waals surface area contributed by atoms with Crippen LogP contribution in [-0.4, -0.2) is 71.2 Å². The third-order valence-corrected chi connectivity index (χ3v) is 6.09. The Labute approximate surface area is 232 Å². The smallest absolute Gasteiger partial charge is 0.414 e. The van der Waals surface area contributed by atoms with Gasteiger partial charge in [-0.05, 0) is 37.1 Å². The number of aromatic nitrogens is 3. The number of urea groups is 1. The van der Waals surface area contributed by atoms with E-state index in [-0.39, 0.29) is 27.5 Å². The van der Waals surface area contributed by atoms with E-state index in [4.69, 9.17) is 9.47 Å². The summed E-state index contributed by atoms with van der Waals surface area (Å²) in [5.74, 6) is 0.219. The zero-order chi connectivity index (χ0) is 31.5. The number of carbonyl (C=O) groups excluding carboxylic acids is 1. The van der Waals surface area contributed by atoms with Crippen molar-refractivity contribution >= 4 is 17.1 Å². The van der Waals surface area contributed by atoms with E-state index in [1.54, 1.807) is 0 Å². The highest BCUT2D eigenvalue weighted by Crippen LogP contribution is 2.41. The number of methoxy groups -OCH3 is 2. The molecule has 0 bridgehead atoms. The quantitative estimate of drug-likeness (QED) is 0.273. The average molecular weight is 613 g/mol. The molecule has 2 aromatic heterocycles. The van der Waals surface area contributed by atoms with E-state index >= 15 is 0 Å². The molecule has 2 unspecified atom stereocenters. The second-order valence-electron chi connectivity index (χ2n) is 8.84. The number of carbonyl (C=O) groups is 1. The van der Waals surface area contributed by atoms with Crippen molar-refractivity contribution in [3.63, 3.8) is 0 Å². The van der Waals surface area contributed by atoms with Crippen LogP contribution in [0.4, 0.5) is 44.3 Å². The Morgan fingerprint density at radius 1 is 0.905 bits per heavy atom. The first-order chi connectivity index (χ1) is 19.5. The van der Waals surface area contributed by atoms with Gasteiger partial charge >= 0.3 is 24.6 Å². The van der Waals surface area contributed by atoms with Gasteiger partial charge in [0.2, 0.25) is 0 Å². The van der Waals surface area contributed by atoms with E-state index in [2.05, 4.69) is 15.0 Å². The minimum atomic E-state index is -5.36. The van der Waals surface area contributed by atoms with Gasteiger partial charge in [0.25, 0.3) is 0 Å². The average Bonchev–Trinajstić information content (AvgIpc) is 2.90. The first kappa shape index (κ1) is 32.5. The molecule has 3 aromatic rings. The Bertz CT molecular complexity index is 1400. The summed E-state index contributed by atoms with van der Waals surface area (Å²) in [7, 11) is 2.56. The van der Waals surface area contributed by atoms with E-state index in [1.165, 1.54) is 44.1 Å². The topological polar surface area (TPSA) is 89.5 Å². The Kier molecular flexibility index (Phi) is 9.62. The highest BCUT2D eigenvalue weighted by atomic mass is 19.4. The molecular formula is C25H24F9N5O3. The van der Waals surface area contributed by atoms with Gasteiger partial charge in [-0.3, -0.25) is 9.97 Å². The number of halogens is 9. The lowest BCUT2D eigenvalue weighted by molar-refractivity contribution is -0.182. The van der Waals surface area contributed by atoms with Crippen molar-refractivity contribution in [3.05, 3.63) is 42.5 Å². The number of amides is 2. The lowest BCUT2D eigenvalue weighted by atomic mass is 10.0. The fourth-order valence-electron chi connectivity index (χ4n) is 4.16. The zero-order valence-electron chi connectivity index (χ0n) is 22.2. The molecule has 2 amide bonds. The molecule has 8 nitrogen and oxygen atoms in total. The summed E-state index contributed by atoms with van der Waals surface area (Å²) in [6.07, 6.45) is -15.4. The van der Waals surface area contributed by atoms with Gasteiger partial charge in [0.1, 0.15) is 23.1 Å². The van der Waals surface area contributed by atoms with E-state index in [0.717, 1.165) is 19.2 Å². The van der Waals surface area contributed by atoms with Gasteiger partial charge in [0, 0.05) is 30.9 Å². The molecule has 230 valence electrons. The SMILES string of the molecule is CCN(C(=O)NC(CCC(F)(F)F)C(F)(F)F)C(c1cc(-c2cc(OC)c3nccnc3c2)c(OC)cn1)C(F)(F)F. The number of alkyl halides is 9. The summed E-state index contributed by atoms with van der Waals surface area (Å²) in [5.41, 5.74) is 0.151. The van der Waals surface area contributed by atoms with Crippen LogP contribution in [0.15, 0.2) is 36.8 Å². The van der Waals surface area contributed by atoms with Gasteiger partial charge in [-0.1, -0.05) is 0 Å². The summed E-state index contributed by atoms with van der Waals surface area (Å²) in [4.78, 5) is 24.9. The molecule has 2 heterocycles. The highest BCUT2D eigenvalue weighted by molar-refractivity contribution is 5.88. The Balaban J connectivity index is 2.08. The molecule has 3 rings (SSSR count). The van der Waals surface area contributed by atoms with E-state index in [9.17, 15) is 44.3 Å². The number of benzene rings is 1. The third kappa shape index (κ3) is 7.61. The van der Waals surface area contributed by atoms with Gasteiger partial charge in [0.05, 0.1) is 31.6 Å². The Morgan fingerprint density at radius 2 is 1.55 bits per heavy atom. The van der Waals surface area contributed by atoms with Gasteiger partial charge in [-0.2, -0.15) is 39.5 Å². The van der Waals surface area contributed by atoms with E-state index < -0.39 is 61.7 Å². The molecule has 0 aliphatic heterocycles. The van der Waals surface area contributed by atoms with Crippen LogP contribution in [0.3, 0.4) is 0 Å². The summed E-state index contributed by atoms with van der Waals surface area (Å²) < 4.78 is 132. The minimum Gasteiger partial charge on any atom is -0.494 e. The van der Waals surface area contributed by atoms with Crippen LogP contribution < -0.4 is 14.8 Å². The van der Waals surface area contributed by atoms with Crippen LogP contribution in [0, 0.1) is 0 Å². The first-order valence-corrected chi connectivity index (χ1v) is 12.1. The van der Waals surface area contributed by atoms with Gasteiger partial charge in [-0.25, -0.2) is 9.78 Å². The summed E-state index contributed by atoms with van der Waals surface area (Å²) in [5, 5.41) is 1.28. The predicted molar refractivity (Wildman–Crippen MR) is 131 cm³/mol. The number of hydrogen-bond acceptors (Lipinski definition) is 6. The zero-order valence-corrected chi connectivity index (χ0v) is 22.2. The Morgan fingerprint density at radius 3 is 2.10 bits per heavy atom. The Hall–Kier alpha value is -4.05. The monoisotopic (exact) mass is 613 g/mol. The van der Waals surface area contributed by atoms with Gasteiger partial charge in [-0.15, -0.1) is 0 Å². The van der Waals surface area contributed by atoms with Crippen LogP contribution >= 0.6 is 0 Å². The standard InChI is InChI=1S/C25H24F9N5O3/c1-4-39(22(40)38-19(24(29,30)31)5-6-23(26,27)28)21(25(32,33)34)16-11-14(18(42-3)12-37-16)13-9-15-20(17(10-13)41-2)36-8-7-35-15/h7-12,19,21H,4-6H2,1-3H3,(H,38,40). The van der Waals surface area contributed by atoms with Crippen molar-refractivity contribution in [3.8, 4) is 22.6 Å². The first-order valence-electron chi connectivity index (χ1n) is 12.1. The van der Waals surface area contributed by atoms with Gasteiger partial charge < -0.3 is 19.7 Å². The molecule has 0 fully saturated rings. The number of nitrogens with one attached hydrogen (secondary N) is 1. The summed E-state index contributed by atoms with van der Waals surface area (Å²) >= 11 is 0. The molecule has 17 heteroatoms. The second-order valence-corrected chi connectivity index (χ2v) is 8.84. The van der Waals surface area contributed by atoms with Crippen molar-refractivity contribution in [2.75, 3.05) is 20.8 Å². The van der Waals surface area contributed by atoms with Crippen molar-refractivity contribution in [1.82, 2.24) is 25.2 Å². The minimum absolute atomic E-state index is 0.00162. The number of ether oxygens (including phenoxy) is 2. The normalized spacial score (nSPS) is 13.9. The van der Waals surface area contributed by atoms with Crippen molar-refractivity contribution in [2.45, 2.75) is 50.4 Å². The van der Waals surface area contributed by atoms with Crippen LogP contribution in [0.2, 0.25) is 0 Å². The number of hydrogen-bond donors (Lipinski definition) is 1.